The summed E-state index contributed by atoms with van der Waals surface area (Å²) in [6, 6.07) is 7.53. The van der Waals surface area contributed by atoms with Gasteiger partial charge in [0.25, 0.3) is 0 Å². The molecule has 1 atom stereocenters. The first-order valence-corrected chi connectivity index (χ1v) is 13.7. The number of sulfone groups is 1. The van der Waals surface area contributed by atoms with Crippen LogP contribution in [0.3, 0.4) is 0 Å². The highest BCUT2D eigenvalue weighted by molar-refractivity contribution is 7.93. The Kier molecular flexibility index (Phi) is 9.22. The molecule has 1 unspecified atom stereocenters. The molecule has 7 nitrogen and oxygen atoms in total. The molecule has 2 heterocycles. The van der Waals surface area contributed by atoms with Crippen molar-refractivity contribution >= 4 is 27.1 Å². The van der Waals surface area contributed by atoms with Gasteiger partial charge in [-0.05, 0) is 69.9 Å². The molecule has 1 fully saturated rings. The number of hydrogen-bond donors (Lipinski definition) is 1. The van der Waals surface area contributed by atoms with Crippen LogP contribution >= 0.6 is 11.3 Å². The SMILES string of the molecule is CCN(CCCCN1CCCNCC1=O)C(C)Cc1ccc(S(=O)(=O)c2nccs2)cc1. The number of aromatic nitrogens is 1. The van der Waals surface area contributed by atoms with Crippen LogP contribution in [0.5, 0.6) is 0 Å². The normalized spacial score (nSPS) is 16.3. The van der Waals surface area contributed by atoms with Crippen LogP contribution in [-0.4, -0.2) is 74.4 Å². The van der Waals surface area contributed by atoms with Crippen LogP contribution in [0, 0.1) is 0 Å². The second kappa shape index (κ2) is 11.9. The zero-order chi connectivity index (χ0) is 23.0. The summed E-state index contributed by atoms with van der Waals surface area (Å²) >= 11 is 1.14. The molecule has 1 aliphatic rings. The second-order valence-corrected chi connectivity index (χ2v) is 11.3. The van der Waals surface area contributed by atoms with Crippen LogP contribution in [0.15, 0.2) is 45.1 Å². The highest BCUT2D eigenvalue weighted by Gasteiger charge is 2.21. The Bertz CT molecular complexity index is 946. The lowest BCUT2D eigenvalue weighted by Crippen LogP contribution is -2.37. The Hall–Kier alpha value is -1.81. The van der Waals surface area contributed by atoms with E-state index in [0.29, 0.717) is 12.6 Å². The quantitative estimate of drug-likeness (QED) is 0.500. The van der Waals surface area contributed by atoms with Gasteiger partial charge in [-0.1, -0.05) is 19.1 Å². The maximum absolute atomic E-state index is 12.6. The number of likely N-dealkylation sites (N-methyl/N-ethyl adjacent to an activating group) is 1. The van der Waals surface area contributed by atoms with Crippen LogP contribution in [0.25, 0.3) is 0 Å². The number of carbonyl (C=O) groups excluding carboxylic acids is 1. The fourth-order valence-corrected chi connectivity index (χ4v) is 6.31. The minimum absolute atomic E-state index is 0.133. The third kappa shape index (κ3) is 6.60. The smallest absolute Gasteiger partial charge is 0.236 e. The van der Waals surface area contributed by atoms with Crippen molar-refractivity contribution in [3.8, 4) is 0 Å². The van der Waals surface area contributed by atoms with Crippen LogP contribution in [-0.2, 0) is 21.1 Å². The summed E-state index contributed by atoms with van der Waals surface area (Å²) in [6.45, 7) is 9.41. The average Bonchev–Trinajstić information content (AvgIpc) is 3.26. The summed E-state index contributed by atoms with van der Waals surface area (Å²) in [4.78, 5) is 20.7. The molecular formula is C23H34N4O3S2. The van der Waals surface area contributed by atoms with Gasteiger partial charge >= 0.3 is 0 Å². The van der Waals surface area contributed by atoms with E-state index in [0.717, 1.165) is 75.3 Å². The summed E-state index contributed by atoms with van der Waals surface area (Å²) in [5.41, 5.74) is 1.12. The molecule has 1 aliphatic heterocycles. The Labute approximate surface area is 195 Å². The highest BCUT2D eigenvalue weighted by Crippen LogP contribution is 2.23. The van der Waals surface area contributed by atoms with E-state index in [1.807, 2.05) is 17.0 Å². The third-order valence-electron chi connectivity index (χ3n) is 5.97. The molecule has 1 aromatic carbocycles. The maximum atomic E-state index is 12.6. The van der Waals surface area contributed by atoms with Gasteiger partial charge in [-0.25, -0.2) is 13.4 Å². The number of thiazole rings is 1. The van der Waals surface area contributed by atoms with E-state index < -0.39 is 9.84 Å². The Morgan fingerprint density at radius 2 is 2.03 bits per heavy atom. The van der Waals surface area contributed by atoms with Crippen molar-refractivity contribution in [2.75, 3.05) is 39.3 Å². The minimum Gasteiger partial charge on any atom is -0.342 e. The van der Waals surface area contributed by atoms with Crippen molar-refractivity contribution in [3.63, 3.8) is 0 Å². The topological polar surface area (TPSA) is 82.6 Å². The number of nitrogens with one attached hydrogen (secondary N) is 1. The Morgan fingerprint density at radius 1 is 1.25 bits per heavy atom. The van der Waals surface area contributed by atoms with E-state index >= 15 is 0 Å². The van der Waals surface area contributed by atoms with Gasteiger partial charge in [0.15, 0.2) is 0 Å². The van der Waals surface area contributed by atoms with Crippen molar-refractivity contribution in [1.82, 2.24) is 20.1 Å². The summed E-state index contributed by atoms with van der Waals surface area (Å²) in [6.07, 6.45) is 5.46. The third-order valence-corrected chi connectivity index (χ3v) is 8.94. The molecule has 0 spiro atoms. The molecule has 1 N–H and O–H groups in total. The number of amides is 1. The molecule has 0 radical (unpaired) electrons. The molecule has 9 heteroatoms. The monoisotopic (exact) mass is 478 g/mol. The fourth-order valence-electron chi connectivity index (χ4n) is 4.09. The van der Waals surface area contributed by atoms with Gasteiger partial charge in [-0.3, -0.25) is 4.79 Å². The first-order chi connectivity index (χ1) is 15.4. The largest absolute Gasteiger partial charge is 0.342 e. The van der Waals surface area contributed by atoms with Crippen LogP contribution in [0.4, 0.5) is 0 Å². The molecule has 0 aliphatic carbocycles. The number of hydrogen-bond acceptors (Lipinski definition) is 7. The summed E-state index contributed by atoms with van der Waals surface area (Å²) in [7, 11) is -3.53. The summed E-state index contributed by atoms with van der Waals surface area (Å²) in [5, 5.41) is 4.84. The molecule has 176 valence electrons. The summed E-state index contributed by atoms with van der Waals surface area (Å²) < 4.78 is 25.3. The average molecular weight is 479 g/mol. The van der Waals surface area contributed by atoms with Crippen molar-refractivity contribution in [2.24, 2.45) is 0 Å². The fraction of sp³-hybridized carbons (Fsp3) is 0.565. The molecule has 2 aromatic rings. The number of benzene rings is 1. The Balaban J connectivity index is 1.48. The van der Waals surface area contributed by atoms with Crippen molar-refractivity contribution in [1.29, 1.82) is 0 Å². The predicted molar refractivity (Wildman–Crippen MR) is 128 cm³/mol. The number of nitrogens with zero attached hydrogens (tertiary/aromatic N) is 3. The van der Waals surface area contributed by atoms with Gasteiger partial charge < -0.3 is 15.1 Å². The second-order valence-electron chi connectivity index (χ2n) is 8.25. The van der Waals surface area contributed by atoms with Crippen molar-refractivity contribution < 1.29 is 13.2 Å². The molecule has 1 amide bonds. The molecular weight excluding hydrogens is 444 g/mol. The molecule has 0 saturated carbocycles. The van der Waals surface area contributed by atoms with E-state index in [9.17, 15) is 13.2 Å². The minimum atomic E-state index is -3.53. The van der Waals surface area contributed by atoms with Gasteiger partial charge in [0.05, 0.1) is 11.4 Å². The first kappa shape index (κ1) is 24.8. The highest BCUT2D eigenvalue weighted by atomic mass is 32.2. The zero-order valence-electron chi connectivity index (χ0n) is 19.0. The van der Waals surface area contributed by atoms with Gasteiger partial charge in [0.1, 0.15) is 0 Å². The van der Waals surface area contributed by atoms with Gasteiger partial charge in [0, 0.05) is 30.7 Å². The lowest BCUT2D eigenvalue weighted by Gasteiger charge is -2.28. The van der Waals surface area contributed by atoms with Crippen LogP contribution < -0.4 is 5.32 Å². The van der Waals surface area contributed by atoms with E-state index in [-0.39, 0.29) is 15.1 Å². The lowest BCUT2D eigenvalue weighted by atomic mass is 10.1. The number of carbonyl (C=O) groups is 1. The molecule has 1 saturated heterocycles. The van der Waals surface area contributed by atoms with Gasteiger partial charge in [0.2, 0.25) is 20.1 Å². The number of unbranched alkanes of at least 4 members (excludes halogenated alkanes) is 1. The molecule has 32 heavy (non-hydrogen) atoms. The zero-order valence-corrected chi connectivity index (χ0v) is 20.6. The van der Waals surface area contributed by atoms with Gasteiger partial charge in [-0.2, -0.15) is 0 Å². The lowest BCUT2D eigenvalue weighted by molar-refractivity contribution is -0.129. The van der Waals surface area contributed by atoms with Crippen LogP contribution in [0.1, 0.15) is 38.7 Å². The van der Waals surface area contributed by atoms with Crippen LogP contribution in [0.2, 0.25) is 0 Å². The standard InChI is InChI=1S/C23H34N4O3S2/c1-3-26(13-4-5-14-27-15-6-11-24-18-22(27)28)19(2)17-20-7-9-21(10-8-20)32(29,30)23-25-12-16-31-23/h7-10,12,16,19,24H,3-6,11,13-15,17-18H2,1-2H3. The van der Waals surface area contributed by atoms with E-state index in [4.69, 9.17) is 0 Å². The first-order valence-electron chi connectivity index (χ1n) is 11.4. The van der Waals surface area contributed by atoms with E-state index in [1.165, 1.54) is 6.20 Å². The molecule has 3 rings (SSSR count). The van der Waals surface area contributed by atoms with Gasteiger partial charge in [-0.15, -0.1) is 11.3 Å². The molecule has 1 aromatic heterocycles. The maximum Gasteiger partial charge on any atom is 0.236 e. The Morgan fingerprint density at radius 3 is 2.72 bits per heavy atom. The van der Waals surface area contributed by atoms with Crippen molar-refractivity contribution in [3.05, 3.63) is 41.4 Å². The van der Waals surface area contributed by atoms with E-state index in [1.54, 1.807) is 17.5 Å². The number of rotatable bonds is 11. The predicted octanol–water partition coefficient (Wildman–Crippen LogP) is 2.83. The summed E-state index contributed by atoms with van der Waals surface area (Å²) in [5.74, 6) is 0.212. The molecule has 0 bridgehead atoms. The van der Waals surface area contributed by atoms with E-state index in [2.05, 4.69) is 29.0 Å². The van der Waals surface area contributed by atoms with Crippen molar-refractivity contribution in [2.45, 2.75) is 54.8 Å².